The van der Waals surface area contributed by atoms with Crippen molar-refractivity contribution in [3.63, 3.8) is 0 Å². The Morgan fingerprint density at radius 3 is 2.78 bits per heavy atom. The monoisotopic (exact) mass is 383 g/mol. The third-order valence-corrected chi connectivity index (χ3v) is 5.33. The number of fused-ring (bicyclic) bond motifs is 1. The van der Waals surface area contributed by atoms with Crippen molar-refractivity contribution < 1.29 is 9.21 Å². The molecule has 0 spiro atoms. The van der Waals surface area contributed by atoms with Crippen LogP contribution in [0.5, 0.6) is 0 Å². The van der Waals surface area contributed by atoms with Gasteiger partial charge in [0.15, 0.2) is 11.5 Å². The summed E-state index contributed by atoms with van der Waals surface area (Å²) in [5.41, 5.74) is 3.47. The number of amides is 1. The number of carbonyl (C=O) groups excluding carboxylic acids is 1. The van der Waals surface area contributed by atoms with Gasteiger partial charge in [0.1, 0.15) is 5.52 Å². The minimum absolute atomic E-state index is 0.0407. The van der Waals surface area contributed by atoms with Gasteiger partial charge >= 0.3 is 0 Å². The quantitative estimate of drug-likeness (QED) is 0.714. The first-order chi connectivity index (χ1) is 13.1. The molecule has 2 heterocycles. The molecule has 3 aromatic rings. The van der Waals surface area contributed by atoms with Crippen LogP contribution in [0.15, 0.2) is 46.9 Å². The fourth-order valence-electron chi connectivity index (χ4n) is 3.52. The third-order valence-electron chi connectivity index (χ3n) is 5.01. The van der Waals surface area contributed by atoms with Gasteiger partial charge in [-0.05, 0) is 62.7 Å². The molecule has 1 saturated heterocycles. The lowest BCUT2D eigenvalue weighted by Gasteiger charge is -2.29. The van der Waals surface area contributed by atoms with Crippen molar-refractivity contribution in [1.29, 1.82) is 0 Å². The molecule has 1 aliphatic rings. The number of para-hydroxylation sites is 2. The molecule has 6 heteroatoms. The van der Waals surface area contributed by atoms with Gasteiger partial charge in [0, 0.05) is 5.92 Å². The molecule has 5 nitrogen and oxygen atoms in total. The van der Waals surface area contributed by atoms with E-state index in [1.807, 2.05) is 49.4 Å². The van der Waals surface area contributed by atoms with Crippen molar-refractivity contribution in [3.05, 3.63) is 58.9 Å². The lowest BCUT2D eigenvalue weighted by atomic mass is 9.97. The van der Waals surface area contributed by atoms with Gasteiger partial charge in [-0.1, -0.05) is 29.8 Å². The van der Waals surface area contributed by atoms with Gasteiger partial charge in [0.2, 0.25) is 5.91 Å². The number of aromatic nitrogens is 1. The van der Waals surface area contributed by atoms with E-state index in [9.17, 15) is 4.79 Å². The number of likely N-dealkylation sites (tertiary alicyclic amines) is 1. The molecule has 1 fully saturated rings. The summed E-state index contributed by atoms with van der Waals surface area (Å²) in [6.07, 6.45) is 1.87. The number of oxazole rings is 1. The zero-order valence-corrected chi connectivity index (χ0v) is 16.0. The average molecular weight is 384 g/mol. The number of carbonyl (C=O) groups is 1. The molecule has 1 N–H and O–H groups in total. The van der Waals surface area contributed by atoms with Crippen molar-refractivity contribution in [2.45, 2.75) is 25.7 Å². The van der Waals surface area contributed by atoms with E-state index in [1.165, 1.54) is 0 Å². The van der Waals surface area contributed by atoms with Crippen molar-refractivity contribution in [2.75, 3.05) is 25.0 Å². The largest absolute Gasteiger partial charge is 0.440 e. The van der Waals surface area contributed by atoms with Crippen molar-refractivity contribution >= 4 is 34.3 Å². The molecule has 2 aromatic carbocycles. The molecule has 0 atom stereocenters. The fraction of sp³-hybridized carbons (Fsp3) is 0.333. The Morgan fingerprint density at radius 2 is 2.04 bits per heavy atom. The lowest BCUT2D eigenvalue weighted by molar-refractivity contribution is -0.117. The van der Waals surface area contributed by atoms with Crippen LogP contribution in [0.2, 0.25) is 5.02 Å². The van der Waals surface area contributed by atoms with Crippen LogP contribution in [0.25, 0.3) is 11.1 Å². The summed E-state index contributed by atoms with van der Waals surface area (Å²) in [6.45, 7) is 4.03. The first-order valence-corrected chi connectivity index (χ1v) is 9.60. The highest BCUT2D eigenvalue weighted by atomic mass is 35.5. The summed E-state index contributed by atoms with van der Waals surface area (Å²) in [4.78, 5) is 19.1. The maximum Gasteiger partial charge on any atom is 0.238 e. The number of aryl methyl sites for hydroxylation is 1. The van der Waals surface area contributed by atoms with E-state index in [4.69, 9.17) is 16.0 Å². The number of benzene rings is 2. The molecular formula is C21H22ClN3O2. The first kappa shape index (κ1) is 18.0. The van der Waals surface area contributed by atoms with Gasteiger partial charge in [-0.2, -0.15) is 0 Å². The summed E-state index contributed by atoms with van der Waals surface area (Å²) >= 11 is 6.19. The number of halogens is 1. The lowest BCUT2D eigenvalue weighted by Crippen LogP contribution is -2.38. The normalized spacial score (nSPS) is 15.9. The standard InChI is InChI=1S/C21H22ClN3O2/c1-14-6-7-17(16(22)12-14)23-20(26)13-25-10-8-15(9-11-25)21-24-18-4-2-3-5-19(18)27-21/h2-7,12,15H,8-11,13H2,1H3,(H,23,26). The van der Waals surface area contributed by atoms with Gasteiger partial charge in [-0.25, -0.2) is 4.98 Å². The molecule has 1 aliphatic heterocycles. The van der Waals surface area contributed by atoms with Crippen LogP contribution in [0.3, 0.4) is 0 Å². The van der Waals surface area contributed by atoms with Crippen LogP contribution in [0, 0.1) is 6.92 Å². The Hall–Kier alpha value is -2.37. The van der Waals surface area contributed by atoms with Gasteiger partial charge in [0.25, 0.3) is 0 Å². The van der Waals surface area contributed by atoms with E-state index in [0.717, 1.165) is 48.5 Å². The van der Waals surface area contributed by atoms with Gasteiger partial charge in [-0.15, -0.1) is 0 Å². The van der Waals surface area contributed by atoms with Gasteiger partial charge < -0.3 is 9.73 Å². The molecule has 27 heavy (non-hydrogen) atoms. The molecular weight excluding hydrogens is 362 g/mol. The van der Waals surface area contributed by atoms with Crippen molar-refractivity contribution in [1.82, 2.24) is 9.88 Å². The zero-order valence-electron chi connectivity index (χ0n) is 15.2. The van der Waals surface area contributed by atoms with Crippen LogP contribution in [-0.2, 0) is 4.79 Å². The smallest absolute Gasteiger partial charge is 0.238 e. The number of anilines is 1. The predicted octanol–water partition coefficient (Wildman–Crippen LogP) is 4.61. The second-order valence-corrected chi connectivity index (χ2v) is 7.51. The highest BCUT2D eigenvalue weighted by Crippen LogP contribution is 2.30. The molecule has 1 aromatic heterocycles. The second-order valence-electron chi connectivity index (χ2n) is 7.10. The molecule has 0 bridgehead atoms. The van der Waals surface area contributed by atoms with Crippen LogP contribution in [-0.4, -0.2) is 35.4 Å². The zero-order chi connectivity index (χ0) is 18.8. The second kappa shape index (κ2) is 7.71. The van der Waals surface area contributed by atoms with E-state index >= 15 is 0 Å². The van der Waals surface area contributed by atoms with Crippen LogP contribution < -0.4 is 5.32 Å². The van der Waals surface area contributed by atoms with E-state index in [-0.39, 0.29) is 5.91 Å². The third kappa shape index (κ3) is 4.15. The molecule has 0 saturated carbocycles. The maximum atomic E-state index is 12.3. The Balaban J connectivity index is 1.31. The van der Waals surface area contributed by atoms with E-state index < -0.39 is 0 Å². The van der Waals surface area contributed by atoms with E-state index in [0.29, 0.717) is 23.2 Å². The minimum atomic E-state index is -0.0407. The van der Waals surface area contributed by atoms with Gasteiger partial charge in [0.05, 0.1) is 17.3 Å². The number of nitrogens with one attached hydrogen (secondary N) is 1. The Morgan fingerprint density at radius 1 is 1.26 bits per heavy atom. The van der Waals surface area contributed by atoms with Crippen LogP contribution >= 0.6 is 11.6 Å². The topological polar surface area (TPSA) is 58.4 Å². The molecule has 140 valence electrons. The number of hydrogen-bond donors (Lipinski definition) is 1. The van der Waals surface area contributed by atoms with Crippen LogP contribution in [0.4, 0.5) is 5.69 Å². The number of hydrogen-bond acceptors (Lipinski definition) is 4. The molecule has 0 unspecified atom stereocenters. The Kier molecular flexibility index (Phi) is 5.14. The fourth-order valence-corrected chi connectivity index (χ4v) is 3.80. The molecule has 1 amide bonds. The molecule has 4 rings (SSSR count). The Bertz CT molecular complexity index is 928. The first-order valence-electron chi connectivity index (χ1n) is 9.22. The average Bonchev–Trinajstić information content (AvgIpc) is 3.09. The van der Waals surface area contributed by atoms with Crippen molar-refractivity contribution in [2.24, 2.45) is 0 Å². The van der Waals surface area contributed by atoms with Crippen molar-refractivity contribution in [3.8, 4) is 0 Å². The molecule has 0 aliphatic carbocycles. The van der Waals surface area contributed by atoms with E-state index in [1.54, 1.807) is 0 Å². The number of nitrogens with zero attached hydrogens (tertiary/aromatic N) is 2. The summed E-state index contributed by atoms with van der Waals surface area (Å²) in [5.74, 6) is 1.08. The predicted molar refractivity (Wildman–Crippen MR) is 107 cm³/mol. The summed E-state index contributed by atoms with van der Waals surface area (Å²) < 4.78 is 5.90. The SMILES string of the molecule is Cc1ccc(NC(=O)CN2CCC(c3nc4ccccc4o3)CC2)c(Cl)c1. The Labute approximate surface area is 163 Å². The van der Waals surface area contributed by atoms with Gasteiger partial charge in [-0.3, -0.25) is 9.69 Å². The maximum absolute atomic E-state index is 12.3. The summed E-state index contributed by atoms with van der Waals surface area (Å²) in [7, 11) is 0. The molecule has 0 radical (unpaired) electrons. The summed E-state index contributed by atoms with van der Waals surface area (Å²) in [6, 6.07) is 13.5. The van der Waals surface area contributed by atoms with E-state index in [2.05, 4.69) is 15.2 Å². The number of piperidine rings is 1. The highest BCUT2D eigenvalue weighted by molar-refractivity contribution is 6.33. The number of rotatable bonds is 4. The highest BCUT2D eigenvalue weighted by Gasteiger charge is 2.25. The minimum Gasteiger partial charge on any atom is -0.440 e. The summed E-state index contributed by atoms with van der Waals surface area (Å²) in [5, 5.41) is 3.47. The van der Waals surface area contributed by atoms with Crippen LogP contribution in [0.1, 0.15) is 30.2 Å².